The van der Waals surface area contributed by atoms with Gasteiger partial charge in [0.05, 0.1) is 11.8 Å². The first kappa shape index (κ1) is 15.9. The third-order valence-corrected chi connectivity index (χ3v) is 5.21. The number of likely N-dealkylation sites (tertiary alicyclic amines) is 1. The molecule has 1 aliphatic rings. The molecule has 0 spiro atoms. The maximum Gasteiger partial charge on any atom is 0.278 e. The second-order valence-electron chi connectivity index (χ2n) is 6.06. The van der Waals surface area contributed by atoms with Crippen molar-refractivity contribution in [2.24, 2.45) is 0 Å². The summed E-state index contributed by atoms with van der Waals surface area (Å²) in [5.41, 5.74) is 1.35. The van der Waals surface area contributed by atoms with Crippen LogP contribution in [0.4, 0.5) is 0 Å². The Morgan fingerprint density at radius 2 is 2.16 bits per heavy atom. The molecular formula is C17H17N5O2S. The summed E-state index contributed by atoms with van der Waals surface area (Å²) in [5, 5.41) is 6.02. The molecule has 3 aromatic heterocycles. The zero-order valence-corrected chi connectivity index (χ0v) is 14.6. The van der Waals surface area contributed by atoms with Gasteiger partial charge in [0.1, 0.15) is 5.69 Å². The van der Waals surface area contributed by atoms with Crippen LogP contribution < -0.4 is 0 Å². The van der Waals surface area contributed by atoms with Crippen molar-refractivity contribution in [3.05, 3.63) is 46.3 Å². The van der Waals surface area contributed by atoms with Crippen molar-refractivity contribution in [3.63, 3.8) is 0 Å². The number of aromatic nitrogens is 4. The first-order chi connectivity index (χ1) is 12.2. The lowest BCUT2D eigenvalue weighted by Crippen LogP contribution is -2.37. The summed E-state index contributed by atoms with van der Waals surface area (Å²) < 4.78 is 5.31. The van der Waals surface area contributed by atoms with Crippen molar-refractivity contribution < 1.29 is 9.32 Å². The van der Waals surface area contributed by atoms with E-state index in [9.17, 15) is 4.79 Å². The van der Waals surface area contributed by atoms with E-state index in [-0.39, 0.29) is 11.8 Å². The van der Waals surface area contributed by atoms with Crippen LogP contribution in [0.5, 0.6) is 0 Å². The van der Waals surface area contributed by atoms with Crippen LogP contribution in [0.15, 0.2) is 34.6 Å². The normalized spacial score (nSPS) is 15.5. The fourth-order valence-corrected chi connectivity index (χ4v) is 3.67. The Hall–Kier alpha value is -2.61. The lowest BCUT2D eigenvalue weighted by Gasteiger charge is -2.30. The molecule has 1 fully saturated rings. The Labute approximate surface area is 148 Å². The molecule has 1 aliphatic heterocycles. The Balaban J connectivity index is 1.41. The van der Waals surface area contributed by atoms with Gasteiger partial charge < -0.3 is 9.42 Å². The summed E-state index contributed by atoms with van der Waals surface area (Å²) in [6, 6.07) is 1.95. The SMILES string of the molecule is Cc1cc(C(=O)N2CCC(c3noc(-c4cnccn4)n3)CC2)cs1. The van der Waals surface area contributed by atoms with E-state index in [1.165, 1.54) is 0 Å². The van der Waals surface area contributed by atoms with Crippen molar-refractivity contribution >= 4 is 17.2 Å². The Kier molecular flexibility index (Phi) is 4.27. The van der Waals surface area contributed by atoms with E-state index in [1.807, 2.05) is 23.3 Å². The van der Waals surface area contributed by atoms with Gasteiger partial charge in [-0.3, -0.25) is 9.78 Å². The summed E-state index contributed by atoms with van der Waals surface area (Å²) in [6.45, 7) is 3.42. The number of hydrogen-bond acceptors (Lipinski definition) is 7. The van der Waals surface area contributed by atoms with Crippen LogP contribution in [-0.2, 0) is 0 Å². The zero-order chi connectivity index (χ0) is 17.2. The van der Waals surface area contributed by atoms with Gasteiger partial charge in [0.25, 0.3) is 11.8 Å². The summed E-state index contributed by atoms with van der Waals surface area (Å²) in [5.74, 6) is 1.37. The number of thiophene rings is 1. The molecule has 4 heterocycles. The Morgan fingerprint density at radius 1 is 1.32 bits per heavy atom. The lowest BCUT2D eigenvalue weighted by atomic mass is 9.96. The molecule has 7 nitrogen and oxygen atoms in total. The second-order valence-corrected chi connectivity index (χ2v) is 7.18. The molecule has 3 aromatic rings. The first-order valence-corrected chi connectivity index (χ1v) is 9.03. The largest absolute Gasteiger partial charge is 0.339 e. The topological polar surface area (TPSA) is 85.0 Å². The number of nitrogens with zero attached hydrogens (tertiary/aromatic N) is 5. The number of aryl methyl sites for hydroxylation is 1. The smallest absolute Gasteiger partial charge is 0.278 e. The summed E-state index contributed by atoms with van der Waals surface area (Å²) in [7, 11) is 0. The standard InChI is InChI=1S/C17H17N5O2S/c1-11-8-13(10-25-11)17(23)22-6-2-12(3-7-22)15-20-16(24-21-15)14-9-18-4-5-19-14/h4-5,8-10,12H,2-3,6-7H2,1H3. The molecule has 8 heteroatoms. The highest BCUT2D eigenvalue weighted by Gasteiger charge is 2.28. The van der Waals surface area contributed by atoms with Crippen molar-refractivity contribution in [1.29, 1.82) is 0 Å². The van der Waals surface area contributed by atoms with Gasteiger partial charge in [-0.2, -0.15) is 4.98 Å². The number of hydrogen-bond donors (Lipinski definition) is 0. The summed E-state index contributed by atoms with van der Waals surface area (Å²) >= 11 is 1.60. The number of carbonyl (C=O) groups excluding carboxylic acids is 1. The van der Waals surface area contributed by atoms with E-state index in [0.29, 0.717) is 30.5 Å². The minimum absolute atomic E-state index is 0.108. The minimum Gasteiger partial charge on any atom is -0.339 e. The van der Waals surface area contributed by atoms with Gasteiger partial charge >= 0.3 is 0 Å². The second kappa shape index (κ2) is 6.72. The average molecular weight is 355 g/mol. The highest BCUT2D eigenvalue weighted by Crippen LogP contribution is 2.28. The van der Waals surface area contributed by atoms with Gasteiger partial charge in [0, 0.05) is 41.7 Å². The average Bonchev–Trinajstić information content (AvgIpc) is 3.31. The van der Waals surface area contributed by atoms with Gasteiger partial charge in [-0.05, 0) is 25.8 Å². The number of amides is 1. The highest BCUT2D eigenvalue weighted by molar-refractivity contribution is 7.10. The molecule has 0 aromatic carbocycles. The van der Waals surface area contributed by atoms with Crippen molar-refractivity contribution in [2.75, 3.05) is 13.1 Å². The summed E-state index contributed by atoms with van der Waals surface area (Å²) in [4.78, 5) is 28.2. The predicted octanol–water partition coefficient (Wildman–Crippen LogP) is 2.92. The number of carbonyl (C=O) groups is 1. The van der Waals surface area contributed by atoms with Crippen molar-refractivity contribution in [2.45, 2.75) is 25.7 Å². The molecule has 1 saturated heterocycles. The molecule has 128 valence electrons. The molecule has 0 radical (unpaired) electrons. The molecule has 0 atom stereocenters. The molecule has 0 N–H and O–H groups in total. The molecular weight excluding hydrogens is 338 g/mol. The number of rotatable bonds is 3. The van der Waals surface area contributed by atoms with Gasteiger partial charge in [0.2, 0.25) is 0 Å². The van der Waals surface area contributed by atoms with Gasteiger partial charge in [0.15, 0.2) is 5.82 Å². The van der Waals surface area contributed by atoms with Crippen molar-refractivity contribution in [3.8, 4) is 11.6 Å². The molecule has 0 unspecified atom stereocenters. The van der Waals surface area contributed by atoms with E-state index in [1.54, 1.807) is 29.9 Å². The van der Waals surface area contributed by atoms with Crippen LogP contribution in [0.3, 0.4) is 0 Å². The lowest BCUT2D eigenvalue weighted by molar-refractivity contribution is 0.0711. The minimum atomic E-state index is 0.108. The van der Waals surface area contributed by atoms with Crippen LogP contribution >= 0.6 is 11.3 Å². The highest BCUT2D eigenvalue weighted by atomic mass is 32.1. The monoisotopic (exact) mass is 355 g/mol. The fourth-order valence-electron chi connectivity index (χ4n) is 2.99. The van der Waals surface area contributed by atoms with E-state index >= 15 is 0 Å². The Bertz CT molecular complexity index is 868. The zero-order valence-electron chi connectivity index (χ0n) is 13.8. The molecule has 4 rings (SSSR count). The molecule has 1 amide bonds. The van der Waals surface area contributed by atoms with Crippen LogP contribution in [0.2, 0.25) is 0 Å². The summed E-state index contributed by atoms with van der Waals surface area (Å²) in [6.07, 6.45) is 6.45. The van der Waals surface area contributed by atoms with Gasteiger partial charge in [-0.1, -0.05) is 5.16 Å². The fraction of sp³-hybridized carbons (Fsp3) is 0.353. The molecule has 25 heavy (non-hydrogen) atoms. The molecule has 0 saturated carbocycles. The van der Waals surface area contributed by atoms with Gasteiger partial charge in [-0.25, -0.2) is 4.98 Å². The van der Waals surface area contributed by atoms with E-state index in [2.05, 4.69) is 20.1 Å². The van der Waals surface area contributed by atoms with E-state index < -0.39 is 0 Å². The number of piperidine rings is 1. The third kappa shape index (κ3) is 3.30. The Morgan fingerprint density at radius 3 is 2.84 bits per heavy atom. The van der Waals surface area contributed by atoms with Crippen molar-refractivity contribution in [1.82, 2.24) is 25.0 Å². The maximum absolute atomic E-state index is 12.5. The van der Waals surface area contributed by atoms with Crippen LogP contribution in [0, 0.1) is 6.92 Å². The van der Waals surface area contributed by atoms with E-state index in [4.69, 9.17) is 4.52 Å². The van der Waals surface area contributed by atoms with Crippen LogP contribution in [-0.4, -0.2) is 44.0 Å². The van der Waals surface area contributed by atoms with Gasteiger partial charge in [-0.15, -0.1) is 11.3 Å². The quantitative estimate of drug-likeness (QED) is 0.718. The predicted molar refractivity (Wildman–Crippen MR) is 92.3 cm³/mol. The third-order valence-electron chi connectivity index (χ3n) is 4.35. The maximum atomic E-state index is 12.5. The van der Waals surface area contributed by atoms with E-state index in [0.717, 1.165) is 23.3 Å². The van der Waals surface area contributed by atoms with Crippen LogP contribution in [0.25, 0.3) is 11.6 Å². The molecule has 0 bridgehead atoms. The van der Waals surface area contributed by atoms with Crippen LogP contribution in [0.1, 0.15) is 39.8 Å². The first-order valence-electron chi connectivity index (χ1n) is 8.15. The molecule has 0 aliphatic carbocycles.